The van der Waals surface area contributed by atoms with Crippen molar-refractivity contribution in [2.45, 2.75) is 0 Å². The number of aromatic hydroxyl groups is 1. The zero-order valence-corrected chi connectivity index (χ0v) is 11.0. The second-order valence-electron chi connectivity index (χ2n) is 2.38. The zero-order valence-electron chi connectivity index (χ0n) is 8.84. The van der Waals surface area contributed by atoms with Crippen molar-refractivity contribution in [3.8, 4) is 11.5 Å². The Balaban J connectivity index is 0. The molecule has 4 nitrogen and oxygen atoms in total. The second-order valence-corrected chi connectivity index (χ2v) is 2.38. The van der Waals surface area contributed by atoms with Crippen LogP contribution in [0.15, 0.2) is 0 Å². The van der Waals surface area contributed by atoms with Gasteiger partial charge >= 0.3 is 58.7 Å². The molecule has 1 rings (SSSR count). The molecule has 0 aliphatic rings. The van der Waals surface area contributed by atoms with Gasteiger partial charge in [0, 0.05) is 0 Å². The van der Waals surface area contributed by atoms with E-state index in [2.05, 4.69) is 4.65 Å². The van der Waals surface area contributed by atoms with Crippen molar-refractivity contribution in [3.05, 3.63) is 23.3 Å². The molecule has 0 atom stereocenters. The second kappa shape index (κ2) is 6.19. The van der Waals surface area contributed by atoms with Gasteiger partial charge in [0.1, 0.15) is 0 Å². The molecule has 10 heteroatoms. The Hall–Kier alpha value is 0.161. The molecular weight excluding hydrogens is 262 g/mol. The molecule has 0 saturated heterocycles. The molecule has 0 saturated carbocycles. The van der Waals surface area contributed by atoms with Crippen molar-refractivity contribution in [2.24, 2.45) is 0 Å². The zero-order chi connectivity index (χ0) is 11.7. The summed E-state index contributed by atoms with van der Waals surface area (Å²) in [5.74, 6) is -11.9. The fourth-order valence-corrected chi connectivity index (χ4v) is 0.813. The van der Waals surface area contributed by atoms with E-state index in [1.807, 2.05) is 0 Å². The molecule has 0 aliphatic carbocycles. The van der Waals surface area contributed by atoms with Crippen molar-refractivity contribution in [1.82, 2.24) is 0 Å². The minimum absolute atomic E-state index is 0. The van der Waals surface area contributed by atoms with Crippen LogP contribution in [-0.2, 0) is 0 Å². The summed E-state index contributed by atoms with van der Waals surface area (Å²) >= 11 is 0. The van der Waals surface area contributed by atoms with Gasteiger partial charge in [-0.3, -0.25) is 0 Å². The average Bonchev–Trinajstić information content (AvgIpc) is 2.18. The van der Waals surface area contributed by atoms with Crippen LogP contribution in [0.3, 0.4) is 0 Å². The van der Waals surface area contributed by atoms with E-state index in [1.165, 1.54) is 0 Å². The van der Waals surface area contributed by atoms with Gasteiger partial charge < -0.3 is 21.2 Å². The summed E-state index contributed by atoms with van der Waals surface area (Å²) < 4.78 is 54.1. The van der Waals surface area contributed by atoms with Crippen LogP contribution in [0.2, 0.25) is 0 Å². The molecule has 0 unspecified atom stereocenters. The predicted molar refractivity (Wildman–Crippen MR) is 39.9 cm³/mol. The van der Waals surface area contributed by atoms with Crippen LogP contribution in [-0.4, -0.2) is 22.5 Å². The topological polar surface area (TPSA) is 69.9 Å². The van der Waals surface area contributed by atoms with Crippen LogP contribution in [0.1, 0.15) is 1.43 Å². The summed E-state index contributed by atoms with van der Waals surface area (Å²) in [5, 5.41) is 25.2. The SMILES string of the molecule is OB(O)Oc1c(O)c(F)c(F)c(F)c1F.[H-].[K+]. The van der Waals surface area contributed by atoms with Gasteiger partial charge in [-0.05, 0) is 0 Å². The third-order valence-corrected chi connectivity index (χ3v) is 1.42. The van der Waals surface area contributed by atoms with E-state index in [1.54, 1.807) is 0 Å². The summed E-state index contributed by atoms with van der Waals surface area (Å²) in [4.78, 5) is 0. The van der Waals surface area contributed by atoms with Crippen molar-refractivity contribution in [3.63, 3.8) is 0 Å². The normalized spacial score (nSPS) is 9.62. The average molecular weight is 266 g/mol. The van der Waals surface area contributed by atoms with Crippen molar-refractivity contribution in [1.29, 1.82) is 0 Å². The molecular formula is C6H4BF4KO4. The van der Waals surface area contributed by atoms with Gasteiger partial charge in [0.2, 0.25) is 23.3 Å². The largest absolute Gasteiger partial charge is 1.00 e. The van der Waals surface area contributed by atoms with E-state index in [0.29, 0.717) is 0 Å². The van der Waals surface area contributed by atoms with E-state index in [4.69, 9.17) is 15.2 Å². The summed E-state index contributed by atoms with van der Waals surface area (Å²) in [6.07, 6.45) is 0. The van der Waals surface area contributed by atoms with Crippen molar-refractivity contribution < 1.29 is 90.2 Å². The Morgan fingerprint density at radius 1 is 0.938 bits per heavy atom. The number of phenols is 1. The molecule has 0 fully saturated rings. The minimum Gasteiger partial charge on any atom is -1.00 e. The molecule has 0 aromatic heterocycles. The van der Waals surface area contributed by atoms with Crippen LogP contribution in [0.25, 0.3) is 0 Å². The van der Waals surface area contributed by atoms with Crippen LogP contribution in [0, 0.1) is 23.3 Å². The summed E-state index contributed by atoms with van der Waals surface area (Å²) in [6.45, 7) is 0. The number of phenolic OH excluding ortho intramolecular Hbond substituents is 1. The summed E-state index contributed by atoms with van der Waals surface area (Å²) in [5.41, 5.74) is 0. The Bertz CT molecular complexity index is 379. The number of rotatable bonds is 2. The Kier molecular flexibility index (Phi) is 6.25. The molecule has 3 N–H and O–H groups in total. The quantitative estimate of drug-likeness (QED) is 0.238. The van der Waals surface area contributed by atoms with Gasteiger partial charge in [0.15, 0.2) is 11.5 Å². The van der Waals surface area contributed by atoms with Gasteiger partial charge in [-0.15, -0.1) is 0 Å². The molecule has 1 aromatic carbocycles. The molecule has 1 aromatic rings. The Labute approximate surface area is 131 Å². The molecule has 0 heterocycles. The Morgan fingerprint density at radius 3 is 1.81 bits per heavy atom. The summed E-state index contributed by atoms with van der Waals surface area (Å²) in [6, 6.07) is 0. The van der Waals surface area contributed by atoms with Crippen molar-refractivity contribution in [2.75, 3.05) is 0 Å². The maximum atomic E-state index is 12.8. The van der Waals surface area contributed by atoms with Crippen LogP contribution in [0.5, 0.6) is 11.5 Å². The van der Waals surface area contributed by atoms with E-state index in [0.717, 1.165) is 0 Å². The standard InChI is InChI=1S/C6H3BF4O4.K.H/c8-1-2(9)4(11)6(15-7(13)14)5(12)3(1)10;;/h12-14H;;/q;+1;-1. The summed E-state index contributed by atoms with van der Waals surface area (Å²) in [7, 11) is -2.62. The first kappa shape index (κ1) is 16.2. The van der Waals surface area contributed by atoms with Crippen LogP contribution in [0.4, 0.5) is 17.6 Å². The molecule has 16 heavy (non-hydrogen) atoms. The fourth-order valence-electron chi connectivity index (χ4n) is 0.813. The number of hydrogen-bond donors (Lipinski definition) is 3. The van der Waals surface area contributed by atoms with E-state index in [-0.39, 0.29) is 52.8 Å². The minimum atomic E-state index is -2.62. The fraction of sp³-hybridized carbons (Fsp3) is 0. The van der Waals surface area contributed by atoms with Gasteiger partial charge in [-0.25, -0.2) is 8.78 Å². The predicted octanol–water partition coefficient (Wildman–Crippen LogP) is -2.59. The molecule has 0 amide bonds. The smallest absolute Gasteiger partial charge is 1.00 e. The first-order chi connectivity index (χ1) is 6.86. The molecule has 0 bridgehead atoms. The first-order valence-electron chi connectivity index (χ1n) is 3.44. The first-order valence-corrected chi connectivity index (χ1v) is 3.44. The van der Waals surface area contributed by atoms with Gasteiger partial charge in [-0.2, -0.15) is 8.78 Å². The van der Waals surface area contributed by atoms with Gasteiger partial charge in [-0.1, -0.05) is 0 Å². The van der Waals surface area contributed by atoms with E-state index >= 15 is 0 Å². The number of halogens is 4. The van der Waals surface area contributed by atoms with E-state index < -0.39 is 42.1 Å². The van der Waals surface area contributed by atoms with Crippen LogP contribution < -0.4 is 56.0 Å². The van der Waals surface area contributed by atoms with E-state index in [9.17, 15) is 17.6 Å². The van der Waals surface area contributed by atoms with Gasteiger partial charge in [0.05, 0.1) is 0 Å². The molecule has 0 radical (unpaired) electrons. The van der Waals surface area contributed by atoms with Crippen LogP contribution >= 0.6 is 0 Å². The Morgan fingerprint density at radius 2 is 1.38 bits per heavy atom. The third-order valence-electron chi connectivity index (χ3n) is 1.42. The number of hydrogen-bond acceptors (Lipinski definition) is 4. The maximum absolute atomic E-state index is 12.8. The monoisotopic (exact) mass is 266 g/mol. The molecule has 0 spiro atoms. The molecule has 84 valence electrons. The van der Waals surface area contributed by atoms with Gasteiger partial charge in [0.25, 0.3) is 0 Å². The number of benzene rings is 1. The third kappa shape index (κ3) is 3.09. The maximum Gasteiger partial charge on any atom is 1.00 e. The molecule has 0 aliphatic heterocycles. The van der Waals surface area contributed by atoms with Crippen molar-refractivity contribution >= 4 is 7.32 Å².